The number of carbonyl (C=O) groups excluding carboxylic acids is 1. The Labute approximate surface area is 225 Å². The number of hydrogen-bond acceptors (Lipinski definition) is 5. The van der Waals surface area contributed by atoms with Crippen LogP contribution in [0.3, 0.4) is 0 Å². The first-order chi connectivity index (χ1) is 18.0. The number of pyridine rings is 1. The number of carbonyl (C=O) groups is 1. The number of benzene rings is 2. The van der Waals surface area contributed by atoms with E-state index in [0.29, 0.717) is 12.1 Å². The second kappa shape index (κ2) is 11.8. The van der Waals surface area contributed by atoms with Gasteiger partial charge in [-0.1, -0.05) is 53.7 Å². The Morgan fingerprint density at radius 3 is 2.49 bits per heavy atom. The fourth-order valence-electron chi connectivity index (χ4n) is 5.61. The van der Waals surface area contributed by atoms with Crippen LogP contribution >= 0.6 is 11.8 Å². The Kier molecular flexibility index (Phi) is 8.28. The SMILES string of the molecule is Cc1cccc(Sc2ccc(CN3CCN(C4CCN(C(=O)c5ccccc5C)CC4)C[C@H]3C)cn2)c1. The molecule has 6 heteroatoms. The molecule has 1 amide bonds. The van der Waals surface area contributed by atoms with Gasteiger partial charge in [-0.25, -0.2) is 4.98 Å². The summed E-state index contributed by atoms with van der Waals surface area (Å²) in [7, 11) is 0. The Balaban J connectivity index is 1.09. The van der Waals surface area contributed by atoms with Gasteiger partial charge in [-0.05, 0) is 69.0 Å². The highest BCUT2D eigenvalue weighted by Gasteiger charge is 2.32. The average Bonchev–Trinajstić information content (AvgIpc) is 2.91. The van der Waals surface area contributed by atoms with Crippen LogP contribution in [0, 0.1) is 13.8 Å². The zero-order valence-electron chi connectivity index (χ0n) is 22.3. The molecule has 0 radical (unpaired) electrons. The third-order valence-corrected chi connectivity index (χ3v) is 8.78. The van der Waals surface area contributed by atoms with E-state index in [9.17, 15) is 4.79 Å². The smallest absolute Gasteiger partial charge is 0.254 e. The molecule has 0 aliphatic carbocycles. The molecule has 2 saturated heterocycles. The van der Waals surface area contributed by atoms with Gasteiger partial charge in [0.25, 0.3) is 5.91 Å². The van der Waals surface area contributed by atoms with Crippen molar-refractivity contribution in [3.05, 3.63) is 89.1 Å². The second-order valence-corrected chi connectivity index (χ2v) is 11.7. The molecular formula is C31H38N4OS. The average molecular weight is 515 g/mol. The number of piperazine rings is 1. The number of amides is 1. The highest BCUT2D eigenvalue weighted by molar-refractivity contribution is 7.99. The fourth-order valence-corrected chi connectivity index (χ4v) is 6.48. The molecule has 2 aliphatic heterocycles. The number of nitrogens with zero attached hydrogens (tertiary/aromatic N) is 4. The minimum Gasteiger partial charge on any atom is -0.339 e. The van der Waals surface area contributed by atoms with Crippen LogP contribution in [0.1, 0.15) is 46.8 Å². The molecule has 1 aromatic heterocycles. The zero-order valence-corrected chi connectivity index (χ0v) is 23.1. The van der Waals surface area contributed by atoms with Crippen LogP contribution in [0.4, 0.5) is 0 Å². The van der Waals surface area contributed by atoms with Crippen LogP contribution in [-0.4, -0.2) is 70.4 Å². The second-order valence-electron chi connectivity index (χ2n) is 10.6. The van der Waals surface area contributed by atoms with Crippen molar-refractivity contribution in [2.75, 3.05) is 32.7 Å². The summed E-state index contributed by atoms with van der Waals surface area (Å²) in [4.78, 5) is 26.2. The predicted octanol–water partition coefficient (Wildman–Crippen LogP) is 5.66. The number of hydrogen-bond donors (Lipinski definition) is 0. The molecule has 0 spiro atoms. The van der Waals surface area contributed by atoms with Crippen molar-refractivity contribution in [3.8, 4) is 0 Å². The molecule has 0 N–H and O–H groups in total. The van der Waals surface area contributed by atoms with Gasteiger partial charge < -0.3 is 4.90 Å². The number of likely N-dealkylation sites (tertiary alicyclic amines) is 1. The minimum atomic E-state index is 0.187. The summed E-state index contributed by atoms with van der Waals surface area (Å²) >= 11 is 1.72. The van der Waals surface area contributed by atoms with Crippen LogP contribution in [-0.2, 0) is 6.54 Å². The summed E-state index contributed by atoms with van der Waals surface area (Å²) in [5, 5.41) is 1.04. The summed E-state index contributed by atoms with van der Waals surface area (Å²) in [6, 6.07) is 22.0. The predicted molar refractivity (Wildman–Crippen MR) is 151 cm³/mol. The molecule has 37 heavy (non-hydrogen) atoms. The summed E-state index contributed by atoms with van der Waals surface area (Å²) in [6.45, 7) is 12.4. The molecule has 0 bridgehead atoms. The Morgan fingerprint density at radius 2 is 1.78 bits per heavy atom. The van der Waals surface area contributed by atoms with Crippen LogP contribution in [0.25, 0.3) is 0 Å². The molecule has 2 fully saturated rings. The summed E-state index contributed by atoms with van der Waals surface area (Å²) < 4.78 is 0. The van der Waals surface area contributed by atoms with E-state index in [4.69, 9.17) is 4.98 Å². The van der Waals surface area contributed by atoms with E-state index in [-0.39, 0.29) is 5.91 Å². The molecule has 2 aromatic carbocycles. The van der Waals surface area contributed by atoms with E-state index in [1.165, 1.54) is 16.0 Å². The zero-order chi connectivity index (χ0) is 25.8. The van der Waals surface area contributed by atoms with Gasteiger partial charge in [0.1, 0.15) is 5.03 Å². The van der Waals surface area contributed by atoms with Gasteiger partial charge in [0.15, 0.2) is 0 Å². The number of piperidine rings is 1. The summed E-state index contributed by atoms with van der Waals surface area (Å²) in [6.07, 6.45) is 4.17. The van der Waals surface area contributed by atoms with Crippen molar-refractivity contribution in [3.63, 3.8) is 0 Å². The van der Waals surface area contributed by atoms with Gasteiger partial charge >= 0.3 is 0 Å². The third-order valence-electron chi connectivity index (χ3n) is 7.84. The van der Waals surface area contributed by atoms with Crippen molar-refractivity contribution in [1.29, 1.82) is 0 Å². The molecule has 194 valence electrons. The van der Waals surface area contributed by atoms with E-state index in [1.54, 1.807) is 11.8 Å². The van der Waals surface area contributed by atoms with E-state index < -0.39 is 0 Å². The first-order valence-electron chi connectivity index (χ1n) is 13.5. The first-order valence-corrected chi connectivity index (χ1v) is 14.3. The van der Waals surface area contributed by atoms with Crippen LogP contribution < -0.4 is 0 Å². The molecule has 3 heterocycles. The lowest BCUT2D eigenvalue weighted by molar-refractivity contribution is 0.0258. The van der Waals surface area contributed by atoms with Gasteiger partial charge in [0.2, 0.25) is 0 Å². The van der Waals surface area contributed by atoms with Crippen molar-refractivity contribution < 1.29 is 4.79 Å². The van der Waals surface area contributed by atoms with E-state index >= 15 is 0 Å². The Hall–Kier alpha value is -2.67. The lowest BCUT2D eigenvalue weighted by Gasteiger charge is -2.45. The van der Waals surface area contributed by atoms with Crippen LogP contribution in [0.2, 0.25) is 0 Å². The summed E-state index contributed by atoms with van der Waals surface area (Å²) in [5.41, 5.74) is 4.46. The molecule has 0 unspecified atom stereocenters. The molecular weight excluding hydrogens is 476 g/mol. The van der Waals surface area contributed by atoms with E-state index in [0.717, 1.165) is 68.3 Å². The van der Waals surface area contributed by atoms with Crippen molar-refractivity contribution in [2.45, 2.75) is 62.2 Å². The van der Waals surface area contributed by atoms with Gasteiger partial charge in [0.05, 0.1) is 0 Å². The number of aryl methyl sites for hydroxylation is 2. The van der Waals surface area contributed by atoms with E-state index in [1.807, 2.05) is 42.3 Å². The van der Waals surface area contributed by atoms with Crippen molar-refractivity contribution in [2.24, 2.45) is 0 Å². The standard InChI is InChI=1S/C31H38N4OS/c1-23-7-6-9-28(19-23)37-30-12-11-26(20-32-30)22-34-17-18-35(21-25(34)3)27-13-15-33(16-14-27)31(36)29-10-5-4-8-24(29)2/h4-12,19-20,25,27H,13-18,21-22H2,1-3H3/t25-/m1/s1. The maximum absolute atomic E-state index is 13.0. The van der Waals surface area contributed by atoms with Crippen LogP contribution in [0.15, 0.2) is 76.8 Å². The highest BCUT2D eigenvalue weighted by Crippen LogP contribution is 2.27. The van der Waals surface area contributed by atoms with Gasteiger partial charge in [-0.3, -0.25) is 14.6 Å². The summed E-state index contributed by atoms with van der Waals surface area (Å²) in [5.74, 6) is 0.187. The third kappa shape index (κ3) is 6.43. The molecule has 0 saturated carbocycles. The Bertz CT molecular complexity index is 1210. The first kappa shape index (κ1) is 26.0. The van der Waals surface area contributed by atoms with Gasteiger partial charge in [-0.15, -0.1) is 0 Å². The molecule has 5 nitrogen and oxygen atoms in total. The minimum absolute atomic E-state index is 0.187. The normalized spacial score (nSPS) is 19.8. The fraction of sp³-hybridized carbons (Fsp3) is 0.419. The topological polar surface area (TPSA) is 39.7 Å². The van der Waals surface area contributed by atoms with Gasteiger partial charge in [-0.2, -0.15) is 0 Å². The van der Waals surface area contributed by atoms with Gasteiger partial charge in [0, 0.05) is 68.0 Å². The molecule has 5 rings (SSSR count). The van der Waals surface area contributed by atoms with Crippen molar-refractivity contribution in [1.82, 2.24) is 19.7 Å². The number of rotatable bonds is 6. The Morgan fingerprint density at radius 1 is 0.973 bits per heavy atom. The number of aromatic nitrogens is 1. The molecule has 2 aliphatic rings. The lowest BCUT2D eigenvalue weighted by Crippen LogP contribution is -2.56. The largest absolute Gasteiger partial charge is 0.339 e. The van der Waals surface area contributed by atoms with Crippen molar-refractivity contribution >= 4 is 17.7 Å². The maximum Gasteiger partial charge on any atom is 0.254 e. The lowest BCUT2D eigenvalue weighted by atomic mass is 9.99. The van der Waals surface area contributed by atoms with Crippen LogP contribution in [0.5, 0.6) is 0 Å². The maximum atomic E-state index is 13.0. The molecule has 1 atom stereocenters. The monoisotopic (exact) mass is 514 g/mol. The molecule has 3 aromatic rings. The van der Waals surface area contributed by atoms with E-state index in [2.05, 4.69) is 60.0 Å². The highest BCUT2D eigenvalue weighted by atomic mass is 32.2. The quantitative estimate of drug-likeness (QED) is 0.424.